The van der Waals surface area contributed by atoms with Crippen LogP contribution >= 0.6 is 0 Å². The number of allylic oxidation sites excluding steroid dienone is 1. The van der Waals surface area contributed by atoms with E-state index in [0.29, 0.717) is 34.2 Å². The van der Waals surface area contributed by atoms with Crippen molar-refractivity contribution in [2.75, 3.05) is 50.1 Å². The number of anilines is 3. The van der Waals surface area contributed by atoms with Gasteiger partial charge in [0.05, 0.1) is 6.54 Å². The highest BCUT2D eigenvalue weighted by Crippen LogP contribution is 2.36. The summed E-state index contributed by atoms with van der Waals surface area (Å²) in [4.78, 5) is 31.7. The van der Waals surface area contributed by atoms with Crippen LogP contribution in [-0.4, -0.2) is 74.2 Å². The number of aliphatic hydroxyl groups is 1. The number of aromatic nitrogens is 5. The lowest BCUT2D eigenvalue weighted by Gasteiger charge is -2.34. The highest BCUT2D eigenvalue weighted by molar-refractivity contribution is 5.77. The van der Waals surface area contributed by atoms with E-state index in [1.54, 1.807) is 29.8 Å². The lowest BCUT2D eigenvalue weighted by Crippen LogP contribution is -2.44. The summed E-state index contributed by atoms with van der Waals surface area (Å²) in [6, 6.07) is 11.7. The molecule has 0 unspecified atom stereocenters. The number of nitrogens with one attached hydrogen (secondary N) is 1. The van der Waals surface area contributed by atoms with Crippen molar-refractivity contribution in [3.63, 3.8) is 0 Å². The maximum absolute atomic E-state index is 13.2. The van der Waals surface area contributed by atoms with Crippen molar-refractivity contribution in [1.82, 2.24) is 29.2 Å². The Kier molecular flexibility index (Phi) is 5.88. The van der Waals surface area contributed by atoms with E-state index in [1.165, 1.54) is 16.6 Å². The van der Waals surface area contributed by atoms with Crippen LogP contribution in [-0.2, 0) is 12.1 Å². The van der Waals surface area contributed by atoms with Crippen molar-refractivity contribution in [2.24, 2.45) is 0 Å². The Morgan fingerprint density at radius 1 is 1.13 bits per heavy atom. The van der Waals surface area contributed by atoms with Crippen LogP contribution in [0.2, 0.25) is 0 Å². The van der Waals surface area contributed by atoms with Crippen molar-refractivity contribution in [2.45, 2.75) is 19.1 Å². The molecule has 2 aliphatic heterocycles. The molecule has 2 N–H and O–H groups in total. The van der Waals surface area contributed by atoms with Crippen molar-refractivity contribution < 1.29 is 9.84 Å². The van der Waals surface area contributed by atoms with E-state index in [9.17, 15) is 9.90 Å². The summed E-state index contributed by atoms with van der Waals surface area (Å²) in [6.45, 7) is 9.91. The molecule has 0 saturated carbocycles. The maximum atomic E-state index is 13.2. The number of piperazine rings is 1. The average molecular weight is 515 g/mol. The second kappa shape index (κ2) is 9.26. The zero-order chi connectivity index (χ0) is 26.4. The molecule has 0 amide bonds. The fourth-order valence-electron chi connectivity index (χ4n) is 4.90. The number of ether oxygens (including phenoxy) is 1. The molecule has 196 valence electrons. The van der Waals surface area contributed by atoms with Crippen molar-refractivity contribution in [3.05, 3.63) is 71.3 Å². The van der Waals surface area contributed by atoms with Gasteiger partial charge in [-0.3, -0.25) is 4.79 Å². The number of benzene rings is 1. The Labute approximate surface area is 219 Å². The molecule has 0 radical (unpaired) electrons. The predicted molar refractivity (Wildman–Crippen MR) is 146 cm³/mol. The van der Waals surface area contributed by atoms with Crippen LogP contribution in [0.1, 0.15) is 12.6 Å². The van der Waals surface area contributed by atoms with Gasteiger partial charge >= 0.3 is 0 Å². The summed E-state index contributed by atoms with van der Waals surface area (Å²) < 4.78 is 8.70. The van der Waals surface area contributed by atoms with E-state index in [4.69, 9.17) is 9.72 Å². The average Bonchev–Trinajstić information content (AvgIpc) is 3.37. The third-order valence-electron chi connectivity index (χ3n) is 7.05. The standard InChI is InChI=1S/C27H30N8O3/c1-4-11-34-25(36)20-16-28-26(29-18-5-7-19(8-6-18)33-14-12-32(3)13-15-33)31-24(20)35(34)22-10-9-21-23(30-22)27(2,37)17-38-21/h4-10,16,37H,1,11-15,17H2,2-3H3,(H,28,29,31)/t27-/m1/s1. The second-order valence-electron chi connectivity index (χ2n) is 9.96. The Hall–Kier alpha value is -4.22. The van der Waals surface area contributed by atoms with Crippen molar-refractivity contribution in [3.8, 4) is 11.6 Å². The molecule has 1 aromatic carbocycles. The highest BCUT2D eigenvalue weighted by atomic mass is 16.5. The second-order valence-corrected chi connectivity index (χ2v) is 9.96. The number of hydrogen-bond acceptors (Lipinski definition) is 9. The van der Waals surface area contributed by atoms with Crippen LogP contribution in [0.15, 0.2) is 60.0 Å². The van der Waals surface area contributed by atoms with Crippen LogP contribution < -0.4 is 20.5 Å². The molecule has 1 saturated heterocycles. The summed E-state index contributed by atoms with van der Waals surface area (Å²) in [7, 11) is 2.14. The third-order valence-corrected chi connectivity index (χ3v) is 7.05. The van der Waals surface area contributed by atoms with Gasteiger partial charge in [-0.2, -0.15) is 4.98 Å². The first-order valence-corrected chi connectivity index (χ1v) is 12.6. The Morgan fingerprint density at radius 2 is 1.89 bits per heavy atom. The molecule has 38 heavy (non-hydrogen) atoms. The predicted octanol–water partition coefficient (Wildman–Crippen LogP) is 2.26. The number of likely N-dealkylation sites (N-methyl/N-ethyl adjacent to an activating group) is 1. The molecule has 11 nitrogen and oxygen atoms in total. The number of nitrogens with zero attached hydrogens (tertiary/aromatic N) is 7. The van der Waals surface area contributed by atoms with E-state index < -0.39 is 5.60 Å². The van der Waals surface area contributed by atoms with Gasteiger partial charge in [0.2, 0.25) is 5.95 Å². The largest absolute Gasteiger partial charge is 0.488 e. The molecule has 1 atom stereocenters. The molecular formula is C27H30N8O3. The van der Waals surface area contributed by atoms with E-state index in [1.807, 2.05) is 12.1 Å². The first-order chi connectivity index (χ1) is 18.3. The van der Waals surface area contributed by atoms with Gasteiger partial charge in [-0.25, -0.2) is 19.3 Å². The maximum Gasteiger partial charge on any atom is 0.278 e. The minimum atomic E-state index is -1.23. The monoisotopic (exact) mass is 514 g/mol. The molecule has 0 spiro atoms. The molecule has 0 bridgehead atoms. The van der Waals surface area contributed by atoms with Gasteiger partial charge in [0.15, 0.2) is 11.5 Å². The molecule has 0 aliphatic carbocycles. The van der Waals surface area contributed by atoms with E-state index in [2.05, 4.69) is 50.8 Å². The van der Waals surface area contributed by atoms with Gasteiger partial charge in [-0.15, -0.1) is 6.58 Å². The quantitative estimate of drug-likeness (QED) is 0.374. The third kappa shape index (κ3) is 4.19. The van der Waals surface area contributed by atoms with Crippen LogP contribution in [0.3, 0.4) is 0 Å². The number of rotatable bonds is 6. The van der Waals surface area contributed by atoms with Crippen molar-refractivity contribution in [1.29, 1.82) is 0 Å². The Bertz CT molecular complexity index is 1570. The van der Waals surface area contributed by atoms with Crippen LogP contribution in [0.25, 0.3) is 16.9 Å². The molecule has 5 heterocycles. The van der Waals surface area contributed by atoms with Gasteiger partial charge in [0, 0.05) is 43.8 Å². The lowest BCUT2D eigenvalue weighted by molar-refractivity contribution is 0.0320. The number of fused-ring (bicyclic) bond motifs is 2. The highest BCUT2D eigenvalue weighted by Gasteiger charge is 2.36. The topological polar surface area (TPSA) is 114 Å². The fourth-order valence-corrected chi connectivity index (χ4v) is 4.90. The van der Waals surface area contributed by atoms with Gasteiger partial charge < -0.3 is 25.0 Å². The molecule has 3 aromatic heterocycles. The van der Waals surface area contributed by atoms with Gasteiger partial charge in [0.1, 0.15) is 29.0 Å². The summed E-state index contributed by atoms with van der Waals surface area (Å²) in [5.74, 6) is 1.31. The zero-order valence-electron chi connectivity index (χ0n) is 21.5. The first kappa shape index (κ1) is 24.1. The van der Waals surface area contributed by atoms with Crippen LogP contribution in [0.4, 0.5) is 17.3 Å². The first-order valence-electron chi connectivity index (χ1n) is 12.6. The van der Waals surface area contributed by atoms with Gasteiger partial charge in [-0.1, -0.05) is 6.08 Å². The molecular weight excluding hydrogens is 484 g/mol. The summed E-state index contributed by atoms with van der Waals surface area (Å²) in [5.41, 5.74) is 1.35. The Balaban J connectivity index is 1.36. The fraction of sp³-hybridized carbons (Fsp3) is 0.333. The Morgan fingerprint density at radius 3 is 2.63 bits per heavy atom. The SMILES string of the molecule is C=CCn1c(=O)c2cnc(Nc3ccc(N4CCN(C)CC4)cc3)nc2n1-c1ccc2c(n1)[C@](C)(O)CO2. The van der Waals surface area contributed by atoms with Crippen LogP contribution in [0.5, 0.6) is 5.75 Å². The molecule has 1 fully saturated rings. The lowest BCUT2D eigenvalue weighted by atomic mass is 10.1. The van der Waals surface area contributed by atoms with Gasteiger partial charge in [0.25, 0.3) is 5.56 Å². The molecule has 2 aliphatic rings. The van der Waals surface area contributed by atoms with Gasteiger partial charge in [-0.05, 0) is 50.4 Å². The zero-order valence-corrected chi connectivity index (χ0v) is 21.5. The minimum Gasteiger partial charge on any atom is -0.488 e. The normalized spacial score (nSPS) is 19.4. The number of pyridine rings is 1. The molecule has 11 heteroatoms. The van der Waals surface area contributed by atoms with E-state index in [-0.39, 0.29) is 18.7 Å². The molecule has 6 rings (SSSR count). The van der Waals surface area contributed by atoms with E-state index >= 15 is 0 Å². The summed E-state index contributed by atoms with van der Waals surface area (Å²) >= 11 is 0. The molecule has 4 aromatic rings. The smallest absolute Gasteiger partial charge is 0.278 e. The summed E-state index contributed by atoms with van der Waals surface area (Å²) in [5, 5.41) is 14.3. The van der Waals surface area contributed by atoms with E-state index in [0.717, 1.165) is 31.9 Å². The van der Waals surface area contributed by atoms with Crippen molar-refractivity contribution >= 4 is 28.4 Å². The van der Waals surface area contributed by atoms with Crippen LogP contribution in [0, 0.1) is 0 Å². The minimum absolute atomic E-state index is 0.120. The summed E-state index contributed by atoms with van der Waals surface area (Å²) in [6.07, 6.45) is 3.16. The number of hydrogen-bond donors (Lipinski definition) is 2.